The van der Waals surface area contributed by atoms with Crippen molar-refractivity contribution in [1.82, 2.24) is 10.3 Å². The minimum Gasteiger partial charge on any atom is -0.375 e. The van der Waals surface area contributed by atoms with Gasteiger partial charge < -0.3 is 11.1 Å². The Labute approximate surface area is 103 Å². The number of sulfone groups is 1. The van der Waals surface area contributed by atoms with Gasteiger partial charge in [-0.05, 0) is 13.3 Å². The van der Waals surface area contributed by atoms with Gasteiger partial charge in [0.1, 0.15) is 4.88 Å². The molecule has 0 aliphatic carbocycles. The summed E-state index contributed by atoms with van der Waals surface area (Å²) in [5, 5.41) is 3.04. The third-order valence-electron chi connectivity index (χ3n) is 2.59. The number of aryl methyl sites for hydroxylation is 1. The Morgan fingerprint density at radius 2 is 2.29 bits per heavy atom. The molecule has 8 heteroatoms. The number of hydrogen-bond donors (Lipinski definition) is 2. The molecule has 1 atom stereocenters. The molecule has 0 bridgehead atoms. The molecule has 1 aromatic heterocycles. The monoisotopic (exact) mass is 275 g/mol. The molecule has 0 aromatic carbocycles. The molecule has 1 saturated heterocycles. The zero-order chi connectivity index (χ0) is 12.6. The highest BCUT2D eigenvalue weighted by Gasteiger charge is 2.29. The van der Waals surface area contributed by atoms with Crippen LogP contribution in [0.2, 0.25) is 0 Å². The minimum absolute atomic E-state index is 0.0199. The third-order valence-corrected chi connectivity index (χ3v) is 5.34. The predicted molar refractivity (Wildman–Crippen MR) is 65.8 cm³/mol. The van der Waals surface area contributed by atoms with Crippen molar-refractivity contribution in [1.29, 1.82) is 0 Å². The molecule has 3 N–H and O–H groups in total. The maximum Gasteiger partial charge on any atom is 0.263 e. The van der Waals surface area contributed by atoms with E-state index >= 15 is 0 Å². The largest absolute Gasteiger partial charge is 0.375 e. The maximum atomic E-state index is 11.9. The van der Waals surface area contributed by atoms with Crippen LogP contribution in [0, 0.1) is 6.92 Å². The van der Waals surface area contributed by atoms with Gasteiger partial charge in [0.2, 0.25) is 0 Å². The molecule has 0 radical (unpaired) electrons. The van der Waals surface area contributed by atoms with Gasteiger partial charge in [0.15, 0.2) is 15.0 Å². The van der Waals surface area contributed by atoms with Crippen molar-refractivity contribution in [3.8, 4) is 0 Å². The molecule has 1 aliphatic heterocycles. The average molecular weight is 275 g/mol. The zero-order valence-electron chi connectivity index (χ0n) is 9.26. The Hall–Kier alpha value is -1.15. The lowest BCUT2D eigenvalue weighted by Gasteiger charge is -2.09. The van der Waals surface area contributed by atoms with Gasteiger partial charge in [0.25, 0.3) is 5.91 Å². The summed E-state index contributed by atoms with van der Waals surface area (Å²) in [6.07, 6.45) is 0.474. The predicted octanol–water partition coefficient (Wildman–Crippen LogP) is -0.0494. The first-order valence-electron chi connectivity index (χ1n) is 5.11. The standard InChI is InChI=1S/C9H13N3O3S2/c1-5-7(16-9(10)11-5)8(13)12-6-2-3-17(14,15)4-6/h6H,2-4H2,1H3,(H2,10,11)(H,12,13). The van der Waals surface area contributed by atoms with Crippen LogP contribution >= 0.6 is 11.3 Å². The van der Waals surface area contributed by atoms with Crippen LogP contribution in [0.25, 0.3) is 0 Å². The summed E-state index contributed by atoms with van der Waals surface area (Å²) in [5.41, 5.74) is 6.07. The van der Waals surface area contributed by atoms with E-state index in [1.54, 1.807) is 6.92 Å². The van der Waals surface area contributed by atoms with Gasteiger partial charge in [-0.25, -0.2) is 13.4 Å². The summed E-state index contributed by atoms with van der Waals surface area (Å²) in [4.78, 5) is 16.3. The number of carbonyl (C=O) groups excluding carboxylic acids is 1. The van der Waals surface area contributed by atoms with Crippen molar-refractivity contribution in [3.63, 3.8) is 0 Å². The van der Waals surface area contributed by atoms with Gasteiger partial charge >= 0.3 is 0 Å². The molecule has 17 heavy (non-hydrogen) atoms. The van der Waals surface area contributed by atoms with Crippen LogP contribution in [-0.4, -0.2) is 36.9 Å². The number of nitrogens with one attached hydrogen (secondary N) is 1. The van der Waals surface area contributed by atoms with Gasteiger partial charge in [-0.1, -0.05) is 11.3 Å². The highest BCUT2D eigenvalue weighted by molar-refractivity contribution is 7.91. The van der Waals surface area contributed by atoms with E-state index in [4.69, 9.17) is 5.73 Å². The summed E-state index contributed by atoms with van der Waals surface area (Å²) >= 11 is 1.11. The summed E-state index contributed by atoms with van der Waals surface area (Å²) in [6.45, 7) is 1.70. The van der Waals surface area contributed by atoms with E-state index in [2.05, 4.69) is 10.3 Å². The first-order valence-corrected chi connectivity index (χ1v) is 7.75. The number of amides is 1. The van der Waals surface area contributed by atoms with E-state index in [1.165, 1.54) is 0 Å². The number of anilines is 1. The number of carbonyl (C=O) groups is 1. The average Bonchev–Trinajstić information content (AvgIpc) is 2.69. The lowest BCUT2D eigenvalue weighted by molar-refractivity contribution is 0.0944. The highest BCUT2D eigenvalue weighted by Crippen LogP contribution is 2.20. The number of rotatable bonds is 2. The van der Waals surface area contributed by atoms with E-state index < -0.39 is 9.84 Å². The van der Waals surface area contributed by atoms with E-state index in [-0.39, 0.29) is 23.5 Å². The van der Waals surface area contributed by atoms with E-state index in [1.807, 2.05) is 0 Å². The van der Waals surface area contributed by atoms with Gasteiger partial charge in [-0.2, -0.15) is 0 Å². The molecule has 1 unspecified atom stereocenters. The fourth-order valence-corrected chi connectivity index (χ4v) is 4.20. The lowest BCUT2D eigenvalue weighted by Crippen LogP contribution is -2.35. The van der Waals surface area contributed by atoms with E-state index in [9.17, 15) is 13.2 Å². The molecule has 2 rings (SSSR count). The fraction of sp³-hybridized carbons (Fsp3) is 0.556. The fourth-order valence-electron chi connectivity index (χ4n) is 1.79. The molecule has 0 spiro atoms. The first-order chi connectivity index (χ1) is 7.87. The van der Waals surface area contributed by atoms with Gasteiger partial charge in [0, 0.05) is 6.04 Å². The van der Waals surface area contributed by atoms with Crippen LogP contribution < -0.4 is 11.1 Å². The Kier molecular flexibility index (Phi) is 3.09. The van der Waals surface area contributed by atoms with Crippen LogP contribution in [0.1, 0.15) is 21.8 Å². The Balaban J connectivity index is 2.06. The number of aromatic nitrogens is 1. The molecular formula is C9H13N3O3S2. The summed E-state index contributed by atoms with van der Waals surface area (Å²) in [6, 6.07) is -0.296. The van der Waals surface area contributed by atoms with Crippen molar-refractivity contribution in [2.75, 3.05) is 17.2 Å². The highest BCUT2D eigenvalue weighted by atomic mass is 32.2. The number of nitrogens with two attached hydrogens (primary N) is 1. The molecular weight excluding hydrogens is 262 g/mol. The van der Waals surface area contributed by atoms with Gasteiger partial charge in [-0.15, -0.1) is 0 Å². The van der Waals surface area contributed by atoms with Crippen molar-refractivity contribution >= 4 is 32.2 Å². The van der Waals surface area contributed by atoms with Crippen LogP contribution in [0.5, 0.6) is 0 Å². The second-order valence-electron chi connectivity index (χ2n) is 4.04. The van der Waals surface area contributed by atoms with Crippen LogP contribution in [0.3, 0.4) is 0 Å². The molecule has 1 aromatic rings. The first kappa shape index (κ1) is 12.3. The Morgan fingerprint density at radius 3 is 2.76 bits per heavy atom. The second kappa shape index (κ2) is 4.26. The van der Waals surface area contributed by atoms with E-state index in [0.717, 1.165) is 11.3 Å². The smallest absolute Gasteiger partial charge is 0.263 e. The van der Waals surface area contributed by atoms with Crippen LogP contribution in [-0.2, 0) is 9.84 Å². The lowest BCUT2D eigenvalue weighted by atomic mass is 10.2. The van der Waals surface area contributed by atoms with E-state index in [0.29, 0.717) is 22.1 Å². The SMILES string of the molecule is Cc1nc(N)sc1C(=O)NC1CCS(=O)(=O)C1. The number of nitrogen functional groups attached to an aromatic ring is 1. The van der Waals surface area contributed by atoms with Gasteiger partial charge in [-0.3, -0.25) is 4.79 Å². The van der Waals surface area contributed by atoms with Crippen molar-refractivity contribution in [2.24, 2.45) is 0 Å². The summed E-state index contributed by atoms with van der Waals surface area (Å²) in [5.74, 6) is -0.132. The van der Waals surface area contributed by atoms with Crippen LogP contribution in [0.4, 0.5) is 5.13 Å². The molecule has 94 valence electrons. The van der Waals surface area contributed by atoms with Crippen molar-refractivity contribution in [3.05, 3.63) is 10.6 Å². The molecule has 1 aliphatic rings. The Morgan fingerprint density at radius 1 is 1.59 bits per heavy atom. The molecule has 1 amide bonds. The number of hydrogen-bond acceptors (Lipinski definition) is 6. The molecule has 1 fully saturated rings. The summed E-state index contributed by atoms with van der Waals surface area (Å²) in [7, 11) is -2.98. The molecule has 0 saturated carbocycles. The number of nitrogens with zero attached hydrogens (tertiary/aromatic N) is 1. The van der Waals surface area contributed by atoms with Crippen LogP contribution in [0.15, 0.2) is 0 Å². The second-order valence-corrected chi connectivity index (χ2v) is 7.30. The van der Waals surface area contributed by atoms with Crippen molar-refractivity contribution < 1.29 is 13.2 Å². The maximum absolute atomic E-state index is 11.9. The zero-order valence-corrected chi connectivity index (χ0v) is 10.9. The third kappa shape index (κ3) is 2.75. The van der Waals surface area contributed by atoms with Gasteiger partial charge in [0.05, 0.1) is 17.2 Å². The molecule has 6 nitrogen and oxygen atoms in total. The minimum atomic E-state index is -2.98. The normalized spacial score (nSPS) is 22.5. The number of thiazole rings is 1. The quantitative estimate of drug-likeness (QED) is 0.788. The Bertz CT molecular complexity index is 550. The molecule has 2 heterocycles. The summed E-state index contributed by atoms with van der Waals surface area (Å²) < 4.78 is 22.5. The van der Waals surface area contributed by atoms with Crippen molar-refractivity contribution in [2.45, 2.75) is 19.4 Å². The topological polar surface area (TPSA) is 102 Å².